The zero-order chi connectivity index (χ0) is 13.6. The minimum Gasteiger partial charge on any atom is -0.303 e. The second-order valence-electron chi connectivity index (χ2n) is 7.00. The highest BCUT2D eigenvalue weighted by atomic mass is 16.1. The molecule has 1 nitrogen and oxygen atoms in total. The van der Waals surface area contributed by atoms with E-state index in [9.17, 15) is 4.79 Å². The Kier molecular flexibility index (Phi) is 3.12. The molecule has 1 aliphatic carbocycles. The number of carbonyl (C=O) groups is 1. The van der Waals surface area contributed by atoms with Crippen LogP contribution in [0.25, 0.3) is 0 Å². The topological polar surface area (TPSA) is 17.1 Å². The lowest BCUT2D eigenvalue weighted by Gasteiger charge is -2.42. The van der Waals surface area contributed by atoms with Crippen LogP contribution in [-0.2, 0) is 15.6 Å². The molecule has 1 heteroatoms. The van der Waals surface area contributed by atoms with Gasteiger partial charge in [0.15, 0.2) is 0 Å². The van der Waals surface area contributed by atoms with Crippen LogP contribution in [0.15, 0.2) is 18.2 Å². The van der Waals surface area contributed by atoms with E-state index in [1.54, 1.807) is 0 Å². The van der Waals surface area contributed by atoms with Crippen molar-refractivity contribution in [3.63, 3.8) is 0 Å². The second kappa shape index (κ2) is 4.22. The maximum Gasteiger partial charge on any atom is 0.127 e. The van der Waals surface area contributed by atoms with Crippen molar-refractivity contribution in [1.82, 2.24) is 0 Å². The molecule has 0 heterocycles. The highest BCUT2D eigenvalue weighted by Gasteiger charge is 2.37. The molecule has 0 aromatic heterocycles. The lowest BCUT2D eigenvalue weighted by molar-refractivity contribution is -0.108. The Morgan fingerprint density at radius 3 is 2.17 bits per heavy atom. The van der Waals surface area contributed by atoms with Crippen molar-refractivity contribution in [1.29, 1.82) is 0 Å². The van der Waals surface area contributed by atoms with E-state index in [4.69, 9.17) is 0 Å². The zero-order valence-electron chi connectivity index (χ0n) is 12.2. The maximum absolute atomic E-state index is 11.0. The first-order valence-electron chi connectivity index (χ1n) is 6.88. The SMILES string of the molecule is C[C@H](C=O)c1ccc2c(c1)C(C)(C)CCC2(C)C. The fraction of sp³-hybridized carbons (Fsp3) is 0.588. The molecule has 1 aromatic carbocycles. The minimum atomic E-state index is -0.00358. The summed E-state index contributed by atoms with van der Waals surface area (Å²) < 4.78 is 0. The van der Waals surface area contributed by atoms with Gasteiger partial charge in [0.2, 0.25) is 0 Å². The van der Waals surface area contributed by atoms with Gasteiger partial charge in [-0.3, -0.25) is 0 Å². The minimum absolute atomic E-state index is 0.00358. The third kappa shape index (κ3) is 2.11. The zero-order valence-corrected chi connectivity index (χ0v) is 12.2. The van der Waals surface area contributed by atoms with Gasteiger partial charge in [-0.15, -0.1) is 0 Å². The van der Waals surface area contributed by atoms with E-state index in [2.05, 4.69) is 45.9 Å². The van der Waals surface area contributed by atoms with E-state index in [0.29, 0.717) is 0 Å². The first-order chi connectivity index (χ1) is 8.28. The summed E-state index contributed by atoms with van der Waals surface area (Å²) in [5.41, 5.74) is 4.53. The molecule has 0 saturated carbocycles. The third-order valence-corrected chi connectivity index (χ3v) is 4.61. The summed E-state index contributed by atoms with van der Waals surface area (Å²) in [5, 5.41) is 0. The molecular formula is C17H24O. The van der Waals surface area contributed by atoms with Gasteiger partial charge in [0.25, 0.3) is 0 Å². The van der Waals surface area contributed by atoms with E-state index in [0.717, 1.165) is 11.8 Å². The Bertz CT molecular complexity index is 468. The Morgan fingerprint density at radius 2 is 1.61 bits per heavy atom. The van der Waals surface area contributed by atoms with Crippen molar-refractivity contribution in [2.75, 3.05) is 0 Å². The summed E-state index contributed by atoms with van der Waals surface area (Å²) in [4.78, 5) is 11.0. The van der Waals surface area contributed by atoms with Crippen LogP contribution in [0.2, 0.25) is 0 Å². The Labute approximate surface area is 111 Å². The highest BCUT2D eigenvalue weighted by Crippen LogP contribution is 2.46. The summed E-state index contributed by atoms with van der Waals surface area (Å²) in [6.45, 7) is 11.2. The number of rotatable bonds is 2. The first-order valence-corrected chi connectivity index (χ1v) is 6.88. The molecular weight excluding hydrogens is 220 g/mol. The van der Waals surface area contributed by atoms with Gasteiger partial charge in [-0.1, -0.05) is 52.8 Å². The number of benzene rings is 1. The number of aldehydes is 1. The van der Waals surface area contributed by atoms with E-state index in [1.165, 1.54) is 24.0 Å². The van der Waals surface area contributed by atoms with Gasteiger partial charge < -0.3 is 4.79 Å². The van der Waals surface area contributed by atoms with Crippen LogP contribution in [0.3, 0.4) is 0 Å². The molecule has 0 N–H and O–H groups in total. The summed E-state index contributed by atoms with van der Waals surface area (Å²) in [5.74, 6) is -0.00358. The molecule has 0 fully saturated rings. The summed E-state index contributed by atoms with van der Waals surface area (Å²) >= 11 is 0. The molecule has 0 radical (unpaired) electrons. The van der Waals surface area contributed by atoms with Crippen LogP contribution in [0.5, 0.6) is 0 Å². The third-order valence-electron chi connectivity index (χ3n) is 4.61. The molecule has 0 aliphatic heterocycles. The number of fused-ring (bicyclic) bond motifs is 1. The molecule has 0 bridgehead atoms. The van der Waals surface area contributed by atoms with Gasteiger partial charge in [-0.2, -0.15) is 0 Å². The highest BCUT2D eigenvalue weighted by molar-refractivity contribution is 5.62. The molecule has 18 heavy (non-hydrogen) atoms. The summed E-state index contributed by atoms with van der Waals surface area (Å²) in [6.07, 6.45) is 3.48. The number of hydrogen-bond acceptors (Lipinski definition) is 1. The summed E-state index contributed by atoms with van der Waals surface area (Å²) in [7, 11) is 0. The van der Waals surface area contributed by atoms with Crippen LogP contribution in [0.1, 0.15) is 70.1 Å². The van der Waals surface area contributed by atoms with Gasteiger partial charge in [0, 0.05) is 5.92 Å². The molecule has 1 aliphatic rings. The lowest BCUT2D eigenvalue weighted by atomic mass is 9.63. The van der Waals surface area contributed by atoms with Crippen LogP contribution in [0.4, 0.5) is 0 Å². The average molecular weight is 244 g/mol. The van der Waals surface area contributed by atoms with Crippen molar-refractivity contribution >= 4 is 6.29 Å². The van der Waals surface area contributed by atoms with Crippen LogP contribution < -0.4 is 0 Å². The van der Waals surface area contributed by atoms with E-state index >= 15 is 0 Å². The first kappa shape index (κ1) is 13.3. The average Bonchev–Trinajstić information content (AvgIpc) is 2.34. The van der Waals surface area contributed by atoms with Crippen molar-refractivity contribution in [3.8, 4) is 0 Å². The molecule has 1 aromatic rings. The Balaban J connectivity index is 2.58. The van der Waals surface area contributed by atoms with Crippen molar-refractivity contribution in [2.24, 2.45) is 0 Å². The molecule has 98 valence electrons. The molecule has 1 atom stereocenters. The largest absolute Gasteiger partial charge is 0.303 e. The van der Waals surface area contributed by atoms with Crippen LogP contribution in [0, 0.1) is 0 Å². The molecule has 0 saturated heterocycles. The number of carbonyl (C=O) groups excluding carboxylic acids is 1. The fourth-order valence-corrected chi connectivity index (χ4v) is 2.97. The van der Waals surface area contributed by atoms with Gasteiger partial charge in [-0.05, 0) is 40.4 Å². The Hall–Kier alpha value is -1.11. The monoisotopic (exact) mass is 244 g/mol. The molecule has 0 spiro atoms. The van der Waals surface area contributed by atoms with E-state index < -0.39 is 0 Å². The van der Waals surface area contributed by atoms with E-state index in [-0.39, 0.29) is 16.7 Å². The Morgan fingerprint density at radius 1 is 1.06 bits per heavy atom. The molecule has 0 amide bonds. The predicted octanol–water partition coefficient (Wildman–Crippen LogP) is 4.34. The van der Waals surface area contributed by atoms with Gasteiger partial charge in [-0.25, -0.2) is 0 Å². The van der Waals surface area contributed by atoms with Crippen molar-refractivity contribution in [2.45, 2.75) is 64.2 Å². The molecule has 2 rings (SSSR count). The van der Waals surface area contributed by atoms with Crippen molar-refractivity contribution < 1.29 is 4.79 Å². The van der Waals surface area contributed by atoms with Gasteiger partial charge >= 0.3 is 0 Å². The standard InChI is InChI=1S/C17H24O/c1-12(11-18)13-6-7-14-15(10-13)17(4,5)9-8-16(14,2)3/h6-7,10-12H,8-9H2,1-5H3/t12-/m1/s1. The van der Waals surface area contributed by atoms with Gasteiger partial charge in [0.1, 0.15) is 6.29 Å². The van der Waals surface area contributed by atoms with Crippen LogP contribution in [-0.4, -0.2) is 6.29 Å². The quantitative estimate of drug-likeness (QED) is 0.707. The lowest BCUT2D eigenvalue weighted by Crippen LogP contribution is -2.34. The van der Waals surface area contributed by atoms with E-state index in [1.807, 2.05) is 6.92 Å². The summed E-state index contributed by atoms with van der Waals surface area (Å²) in [6, 6.07) is 6.63. The second-order valence-corrected chi connectivity index (χ2v) is 7.00. The number of hydrogen-bond donors (Lipinski definition) is 0. The normalized spacial score (nSPS) is 22.1. The smallest absolute Gasteiger partial charge is 0.127 e. The predicted molar refractivity (Wildman–Crippen MR) is 76.2 cm³/mol. The van der Waals surface area contributed by atoms with Gasteiger partial charge in [0.05, 0.1) is 0 Å². The maximum atomic E-state index is 11.0. The van der Waals surface area contributed by atoms with Crippen LogP contribution >= 0.6 is 0 Å². The molecule has 0 unspecified atom stereocenters. The van der Waals surface area contributed by atoms with Crippen molar-refractivity contribution in [3.05, 3.63) is 34.9 Å². The fourth-order valence-electron chi connectivity index (χ4n) is 2.97.